The van der Waals surface area contributed by atoms with Gasteiger partial charge < -0.3 is 9.11 Å². The molecule has 0 unspecified atom stereocenters. The Balaban J connectivity index is 2.90. The van der Waals surface area contributed by atoms with Crippen LogP contribution in [0.3, 0.4) is 0 Å². The van der Waals surface area contributed by atoms with Crippen LogP contribution in [-0.4, -0.2) is 43.2 Å². The van der Waals surface area contributed by atoms with Crippen LogP contribution in [0.1, 0.15) is 16.7 Å². The van der Waals surface area contributed by atoms with E-state index in [2.05, 4.69) is 5.18 Å². The van der Waals surface area contributed by atoms with Gasteiger partial charge in [-0.1, -0.05) is 0 Å². The molecule has 1 aromatic rings. The van der Waals surface area contributed by atoms with E-state index >= 15 is 0 Å². The average molecular weight is 367 g/mol. The summed E-state index contributed by atoms with van der Waals surface area (Å²) in [5, 5.41) is 2.89. The number of hydrogen-bond acceptors (Lipinski definition) is 8. The van der Waals surface area contributed by atoms with E-state index in [-0.39, 0.29) is 25.3 Å². The van der Waals surface area contributed by atoms with Crippen molar-refractivity contribution in [3.8, 4) is 0 Å². The van der Waals surface area contributed by atoms with Crippen molar-refractivity contribution in [1.82, 2.24) is 0 Å². The van der Waals surface area contributed by atoms with Crippen LogP contribution in [0.4, 0.5) is 5.69 Å². The number of nitrogens with zero attached hydrogens (tertiary/aromatic N) is 1. The van der Waals surface area contributed by atoms with Gasteiger partial charge in [-0.15, -0.1) is 4.91 Å². The van der Waals surface area contributed by atoms with Gasteiger partial charge in [0.2, 0.25) is 0 Å². The van der Waals surface area contributed by atoms with Crippen LogP contribution in [0.5, 0.6) is 0 Å². The van der Waals surface area contributed by atoms with Crippen molar-refractivity contribution < 1.29 is 25.9 Å². The van der Waals surface area contributed by atoms with Gasteiger partial charge in [-0.05, 0) is 53.8 Å². The lowest BCUT2D eigenvalue weighted by Crippen LogP contribution is -2.10. The number of aryl methyl sites for hydroxylation is 1. The molecule has 0 aliphatic rings. The SMILES string of the molecule is Cc1cc(N=O)cc(CCOS(C)(=O)=O)c1CCOS(C)(O)O. The summed E-state index contributed by atoms with van der Waals surface area (Å²) in [5.41, 5.74) is 2.56. The summed E-state index contributed by atoms with van der Waals surface area (Å²) in [5.74, 6) is 0. The lowest BCUT2D eigenvalue weighted by atomic mass is 9.96. The minimum atomic E-state index is -3.54. The molecule has 23 heavy (non-hydrogen) atoms. The minimum absolute atomic E-state index is 0.0581. The zero-order valence-electron chi connectivity index (χ0n) is 13.2. The standard InChI is InChI=1S/C13H21NO7S2/c1-10-8-12(14-15)9-11(4-6-20-22(2,16)17)13(10)5-7-21-23(3,18)19/h8-9,18-19H,4-7H2,1-3H3. The van der Waals surface area contributed by atoms with Gasteiger partial charge in [0, 0.05) is 6.26 Å². The Hall–Kier alpha value is -1.04. The lowest BCUT2D eigenvalue weighted by Gasteiger charge is -2.21. The molecule has 0 bridgehead atoms. The normalized spacial score (nSPS) is 13.1. The van der Waals surface area contributed by atoms with Crippen molar-refractivity contribution >= 4 is 26.7 Å². The second kappa shape index (κ2) is 8.18. The van der Waals surface area contributed by atoms with Crippen LogP contribution in [0.15, 0.2) is 17.3 Å². The molecule has 0 aromatic heterocycles. The fourth-order valence-electron chi connectivity index (χ4n) is 2.11. The van der Waals surface area contributed by atoms with E-state index in [0.717, 1.165) is 17.4 Å². The summed E-state index contributed by atoms with van der Waals surface area (Å²) in [6.07, 6.45) is 2.79. The molecule has 0 aliphatic carbocycles. The maximum atomic E-state index is 11.0. The Morgan fingerprint density at radius 1 is 1.09 bits per heavy atom. The summed E-state index contributed by atoms with van der Waals surface area (Å²) >= 11 is 0. The molecule has 0 heterocycles. The van der Waals surface area contributed by atoms with E-state index in [9.17, 15) is 22.4 Å². The van der Waals surface area contributed by atoms with Gasteiger partial charge in [0.05, 0.1) is 30.3 Å². The average Bonchev–Trinajstić information content (AvgIpc) is 2.38. The van der Waals surface area contributed by atoms with Gasteiger partial charge >= 0.3 is 0 Å². The predicted octanol–water partition coefficient (Wildman–Crippen LogP) is 2.77. The molecule has 0 atom stereocenters. The molecule has 0 amide bonds. The molecule has 10 heteroatoms. The van der Waals surface area contributed by atoms with E-state index in [1.54, 1.807) is 19.1 Å². The van der Waals surface area contributed by atoms with Crippen LogP contribution in [0, 0.1) is 11.8 Å². The molecule has 2 N–H and O–H groups in total. The lowest BCUT2D eigenvalue weighted by molar-refractivity contribution is 0.270. The molecule has 0 radical (unpaired) electrons. The fourth-order valence-corrected chi connectivity index (χ4v) is 2.89. The third-order valence-electron chi connectivity index (χ3n) is 2.98. The first-order valence-corrected chi connectivity index (χ1v) is 10.4. The summed E-state index contributed by atoms with van der Waals surface area (Å²) in [6.45, 7) is 1.81. The molecule has 0 fully saturated rings. The number of nitroso groups, excluding NO2 is 1. The molecule has 1 rings (SSSR count). The van der Waals surface area contributed by atoms with Crippen molar-refractivity contribution in [2.75, 3.05) is 25.7 Å². The Kier molecular flexibility index (Phi) is 7.11. The third kappa shape index (κ3) is 7.86. The van der Waals surface area contributed by atoms with Gasteiger partial charge in [0.1, 0.15) is 5.69 Å². The summed E-state index contributed by atoms with van der Waals surface area (Å²) in [7, 11) is -6.58. The van der Waals surface area contributed by atoms with E-state index < -0.39 is 21.0 Å². The van der Waals surface area contributed by atoms with Crippen LogP contribution in [0.25, 0.3) is 0 Å². The minimum Gasteiger partial charge on any atom is -0.308 e. The molecular weight excluding hydrogens is 346 g/mol. The van der Waals surface area contributed by atoms with Crippen molar-refractivity contribution in [2.24, 2.45) is 5.18 Å². The van der Waals surface area contributed by atoms with E-state index in [1.165, 1.54) is 6.26 Å². The number of rotatable bonds is 9. The maximum absolute atomic E-state index is 11.0. The third-order valence-corrected chi connectivity index (χ3v) is 4.19. The smallest absolute Gasteiger partial charge is 0.264 e. The summed E-state index contributed by atoms with van der Waals surface area (Å²) < 4.78 is 50.1. The zero-order valence-corrected chi connectivity index (χ0v) is 14.8. The highest BCUT2D eigenvalue weighted by Crippen LogP contribution is 2.35. The molecule has 0 saturated carbocycles. The van der Waals surface area contributed by atoms with Gasteiger partial charge in [-0.2, -0.15) is 8.42 Å². The van der Waals surface area contributed by atoms with Gasteiger partial charge in [0.15, 0.2) is 0 Å². The first-order chi connectivity index (χ1) is 10.5. The van der Waals surface area contributed by atoms with Crippen molar-refractivity contribution in [1.29, 1.82) is 0 Å². The van der Waals surface area contributed by atoms with Gasteiger partial charge in [0.25, 0.3) is 10.1 Å². The van der Waals surface area contributed by atoms with E-state index in [4.69, 9.17) is 8.37 Å². The monoisotopic (exact) mass is 367 g/mol. The highest BCUT2D eigenvalue weighted by atomic mass is 32.3. The molecule has 0 spiro atoms. The van der Waals surface area contributed by atoms with E-state index in [1.807, 2.05) is 0 Å². The van der Waals surface area contributed by atoms with Gasteiger partial charge in [-0.25, -0.2) is 0 Å². The highest BCUT2D eigenvalue weighted by molar-refractivity contribution is 8.19. The molecule has 8 nitrogen and oxygen atoms in total. The number of benzene rings is 1. The molecule has 0 aliphatic heterocycles. The number of hydrogen-bond donors (Lipinski definition) is 2. The van der Waals surface area contributed by atoms with Crippen LogP contribution < -0.4 is 0 Å². The highest BCUT2D eigenvalue weighted by Gasteiger charge is 2.13. The summed E-state index contributed by atoms with van der Waals surface area (Å²) in [4.78, 5) is 10.7. The van der Waals surface area contributed by atoms with Crippen LogP contribution in [0.2, 0.25) is 0 Å². The summed E-state index contributed by atoms with van der Waals surface area (Å²) in [6, 6.07) is 3.16. The first kappa shape index (κ1) is 20.0. The second-order valence-corrected chi connectivity index (χ2v) is 8.51. The largest absolute Gasteiger partial charge is 0.308 e. The Morgan fingerprint density at radius 2 is 1.70 bits per heavy atom. The first-order valence-electron chi connectivity index (χ1n) is 6.69. The van der Waals surface area contributed by atoms with Crippen molar-refractivity contribution in [3.05, 3.63) is 33.7 Å². The topological polar surface area (TPSA) is 122 Å². The molecule has 0 saturated heterocycles. The molecule has 132 valence electrons. The molecule has 1 aromatic carbocycles. The Morgan fingerprint density at radius 3 is 2.22 bits per heavy atom. The zero-order chi connectivity index (χ0) is 17.7. The van der Waals surface area contributed by atoms with Gasteiger partial charge in [-0.3, -0.25) is 8.37 Å². The Labute approximate surface area is 137 Å². The molecular formula is C13H21NO7S2. The van der Waals surface area contributed by atoms with E-state index in [0.29, 0.717) is 12.0 Å². The van der Waals surface area contributed by atoms with Crippen LogP contribution in [-0.2, 0) is 31.3 Å². The quantitative estimate of drug-likeness (QED) is 0.508. The Bertz CT molecular complexity index is 653. The van der Waals surface area contributed by atoms with Crippen LogP contribution >= 0.6 is 10.9 Å². The maximum Gasteiger partial charge on any atom is 0.264 e. The fraction of sp³-hybridized carbons (Fsp3) is 0.538. The van der Waals surface area contributed by atoms with Crippen molar-refractivity contribution in [2.45, 2.75) is 19.8 Å². The second-order valence-electron chi connectivity index (χ2n) is 5.10. The predicted molar refractivity (Wildman–Crippen MR) is 89.6 cm³/mol. The van der Waals surface area contributed by atoms with Crippen molar-refractivity contribution in [3.63, 3.8) is 0 Å².